The average Bonchev–Trinajstić information content (AvgIpc) is 2.81. The summed E-state index contributed by atoms with van der Waals surface area (Å²) >= 11 is 0. The molecule has 0 aliphatic heterocycles. The summed E-state index contributed by atoms with van der Waals surface area (Å²) in [7, 11) is 0. The van der Waals surface area contributed by atoms with Crippen LogP contribution in [0.5, 0.6) is 5.75 Å². The van der Waals surface area contributed by atoms with Gasteiger partial charge >= 0.3 is 6.11 Å². The molecular weight excluding hydrogens is 499 g/mol. The van der Waals surface area contributed by atoms with E-state index in [0.29, 0.717) is 30.9 Å². The van der Waals surface area contributed by atoms with Crippen molar-refractivity contribution >= 4 is 0 Å². The van der Waals surface area contributed by atoms with Gasteiger partial charge in [0.05, 0.1) is 0 Å². The molecule has 1 nitrogen and oxygen atoms in total. The molecule has 0 spiro atoms. The van der Waals surface area contributed by atoms with Crippen molar-refractivity contribution in [1.29, 1.82) is 0 Å². The molecule has 3 aromatic rings. The SMILES string of the molecule is CC1CCC(c2ccc(-c3ccc(C(F)(F)Oc4cc(F)c(F)c(F)c4)c(F)c3F)c(F)c2F)CC1. The van der Waals surface area contributed by atoms with Crippen LogP contribution in [0.2, 0.25) is 0 Å². The number of rotatable bonds is 5. The van der Waals surface area contributed by atoms with Gasteiger partial charge in [-0.3, -0.25) is 0 Å². The second kappa shape index (κ2) is 9.71. The third-order valence-corrected chi connectivity index (χ3v) is 6.46. The van der Waals surface area contributed by atoms with Gasteiger partial charge in [-0.2, -0.15) is 8.78 Å². The summed E-state index contributed by atoms with van der Waals surface area (Å²) in [6.45, 7) is 2.06. The summed E-state index contributed by atoms with van der Waals surface area (Å²) < 4.78 is 132. The first-order valence-corrected chi connectivity index (χ1v) is 11.1. The summed E-state index contributed by atoms with van der Waals surface area (Å²) in [4.78, 5) is 0. The predicted octanol–water partition coefficient (Wildman–Crippen LogP) is 8.75. The fourth-order valence-electron chi connectivity index (χ4n) is 4.44. The summed E-state index contributed by atoms with van der Waals surface area (Å²) in [6.07, 6.45) is -1.70. The van der Waals surface area contributed by atoms with Gasteiger partial charge in [-0.25, -0.2) is 30.7 Å². The zero-order valence-electron chi connectivity index (χ0n) is 18.8. The minimum absolute atomic E-state index is 0.0988. The van der Waals surface area contributed by atoms with Crippen LogP contribution in [0.4, 0.5) is 39.5 Å². The highest BCUT2D eigenvalue weighted by molar-refractivity contribution is 5.66. The largest absolute Gasteiger partial charge is 0.429 e. The second-order valence-electron chi connectivity index (χ2n) is 8.90. The molecule has 192 valence electrons. The standard InChI is InChI=1S/C26H19F9O/c1-12-2-4-13(5-3-12)15-6-7-16(22(30)21(15)29)17-8-9-18(24(32)23(17)31)26(34,35)36-14-10-19(27)25(33)20(28)11-14/h6-13H,2-5H2,1H3. The fraction of sp³-hybridized carbons (Fsp3) is 0.308. The number of halogens is 9. The molecule has 0 radical (unpaired) electrons. The van der Waals surface area contributed by atoms with Gasteiger partial charge in [0.1, 0.15) is 11.3 Å². The van der Waals surface area contributed by atoms with Crippen molar-refractivity contribution in [2.24, 2.45) is 5.92 Å². The van der Waals surface area contributed by atoms with Crippen LogP contribution in [0.1, 0.15) is 49.7 Å². The molecule has 1 aliphatic carbocycles. The van der Waals surface area contributed by atoms with Crippen LogP contribution in [0.25, 0.3) is 11.1 Å². The first kappa shape index (κ1) is 25.9. The summed E-state index contributed by atoms with van der Waals surface area (Å²) in [6, 6.07) is 3.51. The van der Waals surface area contributed by atoms with Crippen LogP contribution in [-0.4, -0.2) is 0 Å². The van der Waals surface area contributed by atoms with E-state index in [4.69, 9.17) is 0 Å². The van der Waals surface area contributed by atoms with Crippen molar-refractivity contribution < 1.29 is 44.3 Å². The van der Waals surface area contributed by atoms with Crippen molar-refractivity contribution in [3.8, 4) is 16.9 Å². The molecule has 0 atom stereocenters. The maximum absolute atomic E-state index is 14.9. The molecule has 3 aromatic carbocycles. The number of hydrogen-bond acceptors (Lipinski definition) is 1. The zero-order valence-corrected chi connectivity index (χ0v) is 18.8. The minimum Gasteiger partial charge on any atom is -0.429 e. The van der Waals surface area contributed by atoms with Gasteiger partial charge in [0.2, 0.25) is 0 Å². The Morgan fingerprint density at radius 3 is 1.78 bits per heavy atom. The van der Waals surface area contributed by atoms with Crippen molar-refractivity contribution in [2.45, 2.75) is 44.6 Å². The van der Waals surface area contributed by atoms with E-state index in [9.17, 15) is 39.5 Å². The van der Waals surface area contributed by atoms with E-state index in [-0.39, 0.29) is 23.6 Å². The lowest BCUT2D eigenvalue weighted by molar-refractivity contribution is -0.187. The predicted molar refractivity (Wildman–Crippen MR) is 113 cm³/mol. The molecule has 0 heterocycles. The molecule has 1 aliphatic rings. The third-order valence-electron chi connectivity index (χ3n) is 6.46. The third kappa shape index (κ3) is 4.77. The van der Waals surface area contributed by atoms with Crippen LogP contribution >= 0.6 is 0 Å². The summed E-state index contributed by atoms with van der Waals surface area (Å²) in [5.74, 6) is -13.3. The highest BCUT2D eigenvalue weighted by Gasteiger charge is 2.40. The minimum atomic E-state index is -4.66. The van der Waals surface area contributed by atoms with Gasteiger partial charge in [-0.15, -0.1) is 0 Å². The molecule has 1 fully saturated rings. The summed E-state index contributed by atoms with van der Waals surface area (Å²) in [5, 5.41) is 0. The van der Waals surface area contributed by atoms with Gasteiger partial charge in [0, 0.05) is 23.3 Å². The lowest BCUT2D eigenvalue weighted by Gasteiger charge is -2.27. The Morgan fingerprint density at radius 1 is 0.667 bits per heavy atom. The molecule has 0 aromatic heterocycles. The quantitative estimate of drug-likeness (QED) is 0.242. The smallest absolute Gasteiger partial charge is 0.429 e. The van der Waals surface area contributed by atoms with Crippen molar-refractivity contribution in [3.63, 3.8) is 0 Å². The van der Waals surface area contributed by atoms with Crippen molar-refractivity contribution in [1.82, 2.24) is 0 Å². The monoisotopic (exact) mass is 518 g/mol. The van der Waals surface area contributed by atoms with Gasteiger partial charge in [-0.05, 0) is 36.3 Å². The Morgan fingerprint density at radius 2 is 1.19 bits per heavy atom. The van der Waals surface area contributed by atoms with Crippen LogP contribution in [0.3, 0.4) is 0 Å². The molecule has 0 amide bonds. The first-order valence-electron chi connectivity index (χ1n) is 11.1. The van der Waals surface area contributed by atoms with Crippen molar-refractivity contribution in [2.75, 3.05) is 0 Å². The number of alkyl halides is 2. The fourth-order valence-corrected chi connectivity index (χ4v) is 4.44. The molecule has 0 unspecified atom stereocenters. The van der Waals surface area contributed by atoms with E-state index in [1.54, 1.807) is 0 Å². The second-order valence-corrected chi connectivity index (χ2v) is 8.90. The van der Waals surface area contributed by atoms with Crippen LogP contribution in [0.15, 0.2) is 36.4 Å². The van der Waals surface area contributed by atoms with E-state index in [2.05, 4.69) is 11.7 Å². The molecule has 0 bridgehead atoms. The molecule has 0 N–H and O–H groups in total. The lowest BCUT2D eigenvalue weighted by atomic mass is 9.79. The first-order chi connectivity index (χ1) is 16.9. The molecule has 0 saturated heterocycles. The summed E-state index contributed by atoms with van der Waals surface area (Å²) in [5.41, 5.74) is -3.05. The van der Waals surface area contributed by atoms with Gasteiger partial charge < -0.3 is 4.74 Å². The van der Waals surface area contributed by atoms with E-state index < -0.39 is 69.3 Å². The number of benzene rings is 3. The van der Waals surface area contributed by atoms with Crippen LogP contribution < -0.4 is 4.74 Å². The van der Waals surface area contributed by atoms with Gasteiger partial charge in [0.15, 0.2) is 40.7 Å². The molecule has 10 heteroatoms. The van der Waals surface area contributed by atoms with E-state index >= 15 is 0 Å². The molecule has 36 heavy (non-hydrogen) atoms. The lowest BCUT2D eigenvalue weighted by Crippen LogP contribution is -2.24. The normalized spacial score (nSPS) is 18.4. The average molecular weight is 518 g/mol. The highest BCUT2D eigenvalue weighted by atomic mass is 19.3. The van der Waals surface area contributed by atoms with E-state index in [0.717, 1.165) is 18.9 Å². The molecule has 4 rings (SSSR count). The topological polar surface area (TPSA) is 9.23 Å². The van der Waals surface area contributed by atoms with Crippen molar-refractivity contribution in [3.05, 3.63) is 88.2 Å². The Hall–Kier alpha value is -3.17. The highest BCUT2D eigenvalue weighted by Crippen LogP contribution is 2.41. The number of hydrogen-bond donors (Lipinski definition) is 0. The number of ether oxygens (including phenoxy) is 1. The van der Waals surface area contributed by atoms with E-state index in [1.165, 1.54) is 6.07 Å². The molecular formula is C26H19F9O. The Kier molecular flexibility index (Phi) is 6.99. The Balaban J connectivity index is 1.66. The van der Waals surface area contributed by atoms with Crippen LogP contribution in [-0.2, 0) is 6.11 Å². The van der Waals surface area contributed by atoms with E-state index in [1.807, 2.05) is 0 Å². The maximum atomic E-state index is 14.9. The zero-order chi connectivity index (χ0) is 26.4. The molecule has 1 saturated carbocycles. The Labute approximate surface area is 200 Å². The Bertz CT molecular complexity index is 1270. The van der Waals surface area contributed by atoms with Gasteiger partial charge in [-0.1, -0.05) is 38.0 Å². The van der Waals surface area contributed by atoms with Crippen LogP contribution in [0, 0.1) is 46.6 Å². The maximum Gasteiger partial charge on any atom is 0.429 e. The van der Waals surface area contributed by atoms with Gasteiger partial charge in [0.25, 0.3) is 0 Å².